The minimum atomic E-state index is -0.170. The molecule has 27 heavy (non-hydrogen) atoms. The highest BCUT2D eigenvalue weighted by molar-refractivity contribution is 6.02. The second kappa shape index (κ2) is 8.36. The van der Waals surface area contributed by atoms with E-state index in [1.54, 1.807) is 12.3 Å². The van der Waals surface area contributed by atoms with Gasteiger partial charge in [0.25, 0.3) is 0 Å². The third-order valence-corrected chi connectivity index (χ3v) is 4.25. The summed E-state index contributed by atoms with van der Waals surface area (Å²) in [6, 6.07) is 13.4. The summed E-state index contributed by atoms with van der Waals surface area (Å²) in [5, 5.41) is 2.85. The Bertz CT molecular complexity index is 956. The molecule has 5 nitrogen and oxygen atoms in total. The molecule has 0 spiro atoms. The van der Waals surface area contributed by atoms with Crippen LogP contribution in [-0.2, 0) is 18.4 Å². The number of carbonyl (C=O) groups excluding carboxylic acids is 1. The highest BCUT2D eigenvalue weighted by Crippen LogP contribution is 2.17. The van der Waals surface area contributed by atoms with Crippen LogP contribution in [0, 0.1) is 13.8 Å². The average molecular weight is 361 g/mol. The minimum Gasteiger partial charge on any atom is -0.486 e. The molecule has 0 radical (unpaired) electrons. The van der Waals surface area contributed by atoms with Crippen molar-refractivity contribution in [3.05, 3.63) is 83.4 Å². The SMILES string of the molecule is Cc1ccc(C=CC(=O)Nc2ccc(OCc3nccn3C)cc2)c(C)c1. The molecule has 1 amide bonds. The molecule has 0 unspecified atom stereocenters. The van der Waals surface area contributed by atoms with Crippen molar-refractivity contribution in [1.82, 2.24) is 9.55 Å². The average Bonchev–Trinajstić information content (AvgIpc) is 3.05. The van der Waals surface area contributed by atoms with Crippen molar-refractivity contribution in [3.63, 3.8) is 0 Å². The van der Waals surface area contributed by atoms with Gasteiger partial charge in [-0.25, -0.2) is 4.98 Å². The fourth-order valence-corrected chi connectivity index (χ4v) is 2.68. The fourth-order valence-electron chi connectivity index (χ4n) is 2.68. The van der Waals surface area contributed by atoms with Crippen molar-refractivity contribution < 1.29 is 9.53 Å². The predicted molar refractivity (Wildman–Crippen MR) is 108 cm³/mol. The molecule has 0 fully saturated rings. The first-order valence-electron chi connectivity index (χ1n) is 8.76. The molecule has 1 aromatic heterocycles. The molecule has 0 aliphatic rings. The number of nitrogens with one attached hydrogen (secondary N) is 1. The lowest BCUT2D eigenvalue weighted by Crippen LogP contribution is -2.07. The van der Waals surface area contributed by atoms with Gasteiger partial charge in [-0.1, -0.05) is 23.8 Å². The zero-order valence-electron chi connectivity index (χ0n) is 15.8. The van der Waals surface area contributed by atoms with E-state index in [1.807, 2.05) is 67.2 Å². The molecular weight excluding hydrogens is 338 g/mol. The summed E-state index contributed by atoms with van der Waals surface area (Å²) in [4.78, 5) is 16.3. The number of nitrogens with zero attached hydrogens (tertiary/aromatic N) is 2. The molecule has 0 saturated carbocycles. The van der Waals surface area contributed by atoms with Gasteiger partial charge in [-0.2, -0.15) is 0 Å². The number of amides is 1. The number of imidazole rings is 1. The summed E-state index contributed by atoms with van der Waals surface area (Å²) >= 11 is 0. The Kier molecular flexibility index (Phi) is 5.71. The van der Waals surface area contributed by atoms with Crippen molar-refractivity contribution in [3.8, 4) is 5.75 Å². The third kappa shape index (κ3) is 5.07. The summed E-state index contributed by atoms with van der Waals surface area (Å²) in [6.07, 6.45) is 6.99. The lowest BCUT2D eigenvalue weighted by atomic mass is 10.1. The van der Waals surface area contributed by atoms with Gasteiger partial charge in [-0.05, 0) is 55.3 Å². The Hall–Kier alpha value is -3.34. The van der Waals surface area contributed by atoms with Gasteiger partial charge in [0.2, 0.25) is 5.91 Å². The normalized spacial score (nSPS) is 10.9. The smallest absolute Gasteiger partial charge is 0.248 e. The molecule has 0 aliphatic carbocycles. The molecule has 1 N–H and O–H groups in total. The molecule has 3 rings (SSSR count). The van der Waals surface area contributed by atoms with E-state index in [9.17, 15) is 4.79 Å². The van der Waals surface area contributed by atoms with Crippen LogP contribution in [0.1, 0.15) is 22.5 Å². The topological polar surface area (TPSA) is 56.1 Å². The maximum atomic E-state index is 12.1. The first kappa shape index (κ1) is 18.5. The maximum absolute atomic E-state index is 12.1. The Balaban J connectivity index is 1.55. The number of ether oxygens (including phenoxy) is 1. The molecular formula is C22H23N3O2. The van der Waals surface area contributed by atoms with Gasteiger partial charge < -0.3 is 14.6 Å². The molecule has 1 heterocycles. The second-order valence-corrected chi connectivity index (χ2v) is 6.45. The van der Waals surface area contributed by atoms with E-state index in [1.165, 1.54) is 5.56 Å². The van der Waals surface area contributed by atoms with Crippen LogP contribution in [0.5, 0.6) is 5.75 Å². The number of carbonyl (C=O) groups is 1. The number of aromatic nitrogens is 2. The molecule has 0 atom stereocenters. The van der Waals surface area contributed by atoms with Crippen molar-refractivity contribution in [1.29, 1.82) is 0 Å². The van der Waals surface area contributed by atoms with Gasteiger partial charge in [0.05, 0.1) is 0 Å². The van der Waals surface area contributed by atoms with Crippen LogP contribution in [0.15, 0.2) is 60.9 Å². The quantitative estimate of drug-likeness (QED) is 0.667. The summed E-state index contributed by atoms with van der Waals surface area (Å²) < 4.78 is 7.62. The van der Waals surface area contributed by atoms with Crippen LogP contribution < -0.4 is 10.1 Å². The van der Waals surface area contributed by atoms with Crippen LogP contribution in [0.25, 0.3) is 6.08 Å². The number of aryl methyl sites for hydroxylation is 3. The Morgan fingerprint density at radius 2 is 1.96 bits per heavy atom. The summed E-state index contributed by atoms with van der Waals surface area (Å²) in [7, 11) is 1.93. The molecule has 0 saturated heterocycles. The fraction of sp³-hybridized carbons (Fsp3) is 0.182. The van der Waals surface area contributed by atoms with Crippen LogP contribution in [0.2, 0.25) is 0 Å². The van der Waals surface area contributed by atoms with E-state index in [0.29, 0.717) is 6.61 Å². The molecule has 138 valence electrons. The van der Waals surface area contributed by atoms with Gasteiger partial charge in [-0.3, -0.25) is 4.79 Å². The van der Waals surface area contributed by atoms with Crippen molar-refractivity contribution in [2.75, 3.05) is 5.32 Å². The van der Waals surface area contributed by atoms with Gasteiger partial charge in [-0.15, -0.1) is 0 Å². The molecule has 0 aliphatic heterocycles. The largest absolute Gasteiger partial charge is 0.486 e. The van der Waals surface area contributed by atoms with Gasteiger partial charge in [0, 0.05) is 31.2 Å². The van der Waals surface area contributed by atoms with Crippen LogP contribution in [-0.4, -0.2) is 15.5 Å². The third-order valence-electron chi connectivity index (χ3n) is 4.25. The first-order valence-corrected chi connectivity index (χ1v) is 8.76. The standard InChI is InChI=1S/C22H23N3O2/c1-16-4-5-18(17(2)14-16)6-11-22(26)24-19-7-9-20(10-8-19)27-15-21-23-12-13-25(21)3/h4-14H,15H2,1-3H3,(H,24,26). The highest BCUT2D eigenvalue weighted by Gasteiger charge is 2.03. The highest BCUT2D eigenvalue weighted by atomic mass is 16.5. The van der Waals surface area contributed by atoms with Crippen molar-refractivity contribution in [2.24, 2.45) is 7.05 Å². The van der Waals surface area contributed by atoms with E-state index in [2.05, 4.69) is 23.3 Å². The number of hydrogen-bond donors (Lipinski definition) is 1. The van der Waals surface area contributed by atoms with E-state index in [0.717, 1.165) is 28.4 Å². The zero-order chi connectivity index (χ0) is 19.2. The van der Waals surface area contributed by atoms with Crippen molar-refractivity contribution in [2.45, 2.75) is 20.5 Å². The minimum absolute atomic E-state index is 0.170. The van der Waals surface area contributed by atoms with Gasteiger partial charge >= 0.3 is 0 Å². The van der Waals surface area contributed by atoms with E-state index < -0.39 is 0 Å². The first-order chi connectivity index (χ1) is 13.0. The number of rotatable bonds is 6. The molecule has 3 aromatic rings. The predicted octanol–water partition coefficient (Wildman–Crippen LogP) is 4.27. The summed E-state index contributed by atoms with van der Waals surface area (Å²) in [5.74, 6) is 1.40. The van der Waals surface area contributed by atoms with Crippen LogP contribution in [0.4, 0.5) is 5.69 Å². The van der Waals surface area contributed by atoms with Crippen LogP contribution in [0.3, 0.4) is 0 Å². The summed E-state index contributed by atoms with van der Waals surface area (Å²) in [6.45, 7) is 4.49. The van der Waals surface area contributed by atoms with Crippen molar-refractivity contribution >= 4 is 17.7 Å². The molecule has 2 aromatic carbocycles. The lowest BCUT2D eigenvalue weighted by molar-refractivity contribution is -0.111. The Morgan fingerprint density at radius 3 is 2.63 bits per heavy atom. The number of hydrogen-bond acceptors (Lipinski definition) is 3. The summed E-state index contributed by atoms with van der Waals surface area (Å²) in [5.41, 5.74) is 4.11. The number of anilines is 1. The number of benzene rings is 2. The maximum Gasteiger partial charge on any atom is 0.248 e. The molecule has 0 bridgehead atoms. The Morgan fingerprint density at radius 1 is 1.19 bits per heavy atom. The van der Waals surface area contributed by atoms with Gasteiger partial charge in [0.1, 0.15) is 18.2 Å². The Labute approximate surface area is 159 Å². The second-order valence-electron chi connectivity index (χ2n) is 6.45. The lowest BCUT2D eigenvalue weighted by Gasteiger charge is -2.08. The monoisotopic (exact) mass is 361 g/mol. The van der Waals surface area contributed by atoms with E-state index >= 15 is 0 Å². The molecule has 5 heteroatoms. The van der Waals surface area contributed by atoms with E-state index in [-0.39, 0.29) is 5.91 Å². The van der Waals surface area contributed by atoms with Crippen LogP contribution >= 0.6 is 0 Å². The van der Waals surface area contributed by atoms with E-state index in [4.69, 9.17) is 4.74 Å². The zero-order valence-corrected chi connectivity index (χ0v) is 15.8. The van der Waals surface area contributed by atoms with Gasteiger partial charge in [0.15, 0.2) is 0 Å².